The highest BCUT2D eigenvalue weighted by Gasteiger charge is 2.10. The normalized spacial score (nSPS) is 11.1. The summed E-state index contributed by atoms with van der Waals surface area (Å²) in [5.41, 5.74) is 1.85. The summed E-state index contributed by atoms with van der Waals surface area (Å²) in [6, 6.07) is 16.6. The Balaban J connectivity index is 1.74. The minimum atomic E-state index is -0.356. The van der Waals surface area contributed by atoms with E-state index in [-0.39, 0.29) is 19.0 Å². The monoisotopic (exact) mass is 401 g/mol. The zero-order valence-electron chi connectivity index (χ0n) is 15.8. The molecule has 2 N–H and O–H groups in total. The third-order valence-corrected chi connectivity index (χ3v) is 5.06. The van der Waals surface area contributed by atoms with Crippen molar-refractivity contribution in [1.82, 2.24) is 5.32 Å². The number of rotatable bonds is 10. The number of unbranched alkanes of at least 4 members (excludes halogenated alkanes) is 2. The summed E-state index contributed by atoms with van der Waals surface area (Å²) >= 11 is 6.12. The topological polar surface area (TPSA) is 41.5 Å². The predicted molar refractivity (Wildman–Crippen MR) is 112 cm³/mol. The van der Waals surface area contributed by atoms with Gasteiger partial charge in [0.2, 0.25) is 0 Å². The molecule has 5 heteroatoms. The minimum absolute atomic E-state index is 0.243. The Morgan fingerprint density at radius 1 is 1.00 bits per heavy atom. The summed E-state index contributed by atoms with van der Waals surface area (Å²) in [5, 5.41) is 15.0. The number of aliphatic hydroxyl groups excluding tert-OH is 1. The summed E-state index contributed by atoms with van der Waals surface area (Å²) in [6.45, 7) is 2.09. The van der Waals surface area contributed by atoms with Gasteiger partial charge in [0, 0.05) is 24.3 Å². The third-order valence-electron chi connectivity index (χ3n) is 4.71. The van der Waals surface area contributed by atoms with Crippen LogP contribution < -0.4 is 10.1 Å². The first-order valence-electron chi connectivity index (χ1n) is 9.58. The van der Waals surface area contributed by atoms with Gasteiger partial charge in [-0.25, -0.2) is 4.39 Å². The van der Waals surface area contributed by atoms with Crippen molar-refractivity contribution >= 4 is 22.4 Å². The molecule has 0 aliphatic carbocycles. The smallest absolute Gasteiger partial charge is 0.124 e. The molecular weight excluding hydrogens is 377 g/mol. The van der Waals surface area contributed by atoms with Crippen LogP contribution in [0.25, 0.3) is 10.8 Å². The molecule has 0 spiro atoms. The molecular formula is C23H25ClFNO2. The van der Waals surface area contributed by atoms with Gasteiger partial charge < -0.3 is 15.2 Å². The molecule has 3 aromatic carbocycles. The fourth-order valence-corrected chi connectivity index (χ4v) is 3.40. The van der Waals surface area contributed by atoms with Crippen LogP contribution in [0.15, 0.2) is 54.6 Å². The number of fused-ring (bicyclic) bond motifs is 1. The standard InChI is InChI=1S/C23H25ClFNO2/c24-22-14-19(25)10-8-18(22)16-28-23-11-9-17-6-2-3-7-20(17)21(23)15-26-12-4-1-5-13-27/h2-3,6-11,14,26-27H,1,4-5,12-13,15-16H2. The molecule has 0 saturated carbocycles. The largest absolute Gasteiger partial charge is 0.488 e. The van der Waals surface area contributed by atoms with Crippen LogP contribution in [0.5, 0.6) is 5.75 Å². The summed E-state index contributed by atoms with van der Waals surface area (Å²) in [5.74, 6) is 0.437. The zero-order chi connectivity index (χ0) is 19.8. The first-order chi connectivity index (χ1) is 13.7. The molecule has 0 radical (unpaired) electrons. The zero-order valence-corrected chi connectivity index (χ0v) is 16.5. The van der Waals surface area contributed by atoms with E-state index in [1.54, 1.807) is 6.07 Å². The Labute approximate surface area is 170 Å². The number of hydrogen-bond acceptors (Lipinski definition) is 3. The average Bonchev–Trinajstić information content (AvgIpc) is 2.70. The molecule has 0 aliphatic rings. The molecule has 3 nitrogen and oxygen atoms in total. The van der Waals surface area contributed by atoms with E-state index in [1.165, 1.54) is 12.1 Å². The molecule has 0 unspecified atom stereocenters. The van der Waals surface area contributed by atoms with Crippen molar-refractivity contribution in [3.8, 4) is 5.75 Å². The quantitative estimate of drug-likeness (QED) is 0.443. The van der Waals surface area contributed by atoms with E-state index in [2.05, 4.69) is 17.4 Å². The Hall–Kier alpha value is -2.14. The maximum absolute atomic E-state index is 13.3. The van der Waals surface area contributed by atoms with Gasteiger partial charge >= 0.3 is 0 Å². The third kappa shape index (κ3) is 5.44. The van der Waals surface area contributed by atoms with Crippen molar-refractivity contribution in [3.05, 3.63) is 76.6 Å². The lowest BCUT2D eigenvalue weighted by atomic mass is 10.0. The van der Waals surface area contributed by atoms with E-state index in [4.69, 9.17) is 21.4 Å². The summed E-state index contributed by atoms with van der Waals surface area (Å²) in [6.07, 6.45) is 2.86. The van der Waals surface area contributed by atoms with Crippen LogP contribution in [0.2, 0.25) is 5.02 Å². The van der Waals surface area contributed by atoms with Crippen molar-refractivity contribution in [2.75, 3.05) is 13.2 Å². The van der Waals surface area contributed by atoms with E-state index < -0.39 is 0 Å². The lowest BCUT2D eigenvalue weighted by Crippen LogP contribution is -2.16. The second kappa shape index (κ2) is 10.4. The minimum Gasteiger partial charge on any atom is -0.488 e. The van der Waals surface area contributed by atoms with Gasteiger partial charge in [0.15, 0.2) is 0 Å². The van der Waals surface area contributed by atoms with E-state index in [1.807, 2.05) is 24.3 Å². The summed E-state index contributed by atoms with van der Waals surface area (Å²) in [4.78, 5) is 0. The second-order valence-corrected chi connectivity index (χ2v) is 7.16. The second-order valence-electron chi connectivity index (χ2n) is 6.75. The molecule has 3 aromatic rings. The Bertz CT molecular complexity index is 916. The van der Waals surface area contributed by atoms with Crippen LogP contribution in [0.3, 0.4) is 0 Å². The van der Waals surface area contributed by atoms with Crippen LogP contribution >= 0.6 is 11.6 Å². The number of aliphatic hydroxyl groups is 1. The number of halogens is 2. The summed E-state index contributed by atoms with van der Waals surface area (Å²) < 4.78 is 19.3. The number of ether oxygens (including phenoxy) is 1. The lowest BCUT2D eigenvalue weighted by Gasteiger charge is -2.16. The van der Waals surface area contributed by atoms with Crippen molar-refractivity contribution in [1.29, 1.82) is 0 Å². The van der Waals surface area contributed by atoms with E-state index >= 15 is 0 Å². The van der Waals surface area contributed by atoms with Gasteiger partial charge in [-0.1, -0.05) is 48.0 Å². The fraction of sp³-hybridized carbons (Fsp3) is 0.304. The van der Waals surface area contributed by atoms with Crippen molar-refractivity contribution < 1.29 is 14.2 Å². The van der Waals surface area contributed by atoms with Crippen molar-refractivity contribution in [2.45, 2.75) is 32.4 Å². The van der Waals surface area contributed by atoms with Gasteiger partial charge in [0.05, 0.1) is 5.02 Å². The Morgan fingerprint density at radius 3 is 2.68 bits per heavy atom. The fourth-order valence-electron chi connectivity index (χ4n) is 3.18. The van der Waals surface area contributed by atoms with Crippen LogP contribution in [-0.2, 0) is 13.2 Å². The van der Waals surface area contributed by atoms with Gasteiger partial charge in [-0.3, -0.25) is 0 Å². The predicted octanol–water partition coefficient (Wildman–Crippen LogP) is 5.46. The molecule has 0 bridgehead atoms. The number of benzene rings is 3. The highest BCUT2D eigenvalue weighted by Crippen LogP contribution is 2.29. The highest BCUT2D eigenvalue weighted by molar-refractivity contribution is 6.31. The number of hydrogen-bond donors (Lipinski definition) is 2. The van der Waals surface area contributed by atoms with Gasteiger partial charge in [0.1, 0.15) is 18.2 Å². The van der Waals surface area contributed by atoms with Crippen LogP contribution in [-0.4, -0.2) is 18.3 Å². The molecule has 3 rings (SSSR count). The molecule has 0 saturated heterocycles. The van der Waals surface area contributed by atoms with Crippen molar-refractivity contribution in [3.63, 3.8) is 0 Å². The summed E-state index contributed by atoms with van der Waals surface area (Å²) in [7, 11) is 0. The number of nitrogens with one attached hydrogen (secondary N) is 1. The molecule has 28 heavy (non-hydrogen) atoms. The lowest BCUT2D eigenvalue weighted by molar-refractivity contribution is 0.282. The van der Waals surface area contributed by atoms with Crippen LogP contribution in [0.1, 0.15) is 30.4 Å². The molecule has 0 amide bonds. The van der Waals surface area contributed by atoms with E-state index in [9.17, 15) is 4.39 Å². The Kier molecular flexibility index (Phi) is 7.66. The van der Waals surface area contributed by atoms with Gasteiger partial charge in [0.25, 0.3) is 0 Å². The van der Waals surface area contributed by atoms with E-state index in [0.29, 0.717) is 11.6 Å². The van der Waals surface area contributed by atoms with E-state index in [0.717, 1.165) is 53.5 Å². The van der Waals surface area contributed by atoms with Gasteiger partial charge in [-0.2, -0.15) is 0 Å². The maximum atomic E-state index is 13.3. The Morgan fingerprint density at radius 2 is 1.86 bits per heavy atom. The van der Waals surface area contributed by atoms with Gasteiger partial charge in [-0.05, 0) is 54.8 Å². The first kappa shape index (κ1) is 20.6. The SMILES string of the molecule is OCCCCCNCc1c(OCc2ccc(F)cc2Cl)ccc2ccccc12. The molecule has 0 atom stereocenters. The molecule has 0 fully saturated rings. The molecule has 0 aromatic heterocycles. The average molecular weight is 402 g/mol. The maximum Gasteiger partial charge on any atom is 0.124 e. The molecule has 148 valence electrons. The highest BCUT2D eigenvalue weighted by atomic mass is 35.5. The molecule has 0 heterocycles. The van der Waals surface area contributed by atoms with Crippen LogP contribution in [0.4, 0.5) is 4.39 Å². The molecule has 0 aliphatic heterocycles. The first-order valence-corrected chi connectivity index (χ1v) is 9.96. The van der Waals surface area contributed by atoms with Crippen molar-refractivity contribution in [2.24, 2.45) is 0 Å². The van der Waals surface area contributed by atoms with Gasteiger partial charge in [-0.15, -0.1) is 0 Å². The van der Waals surface area contributed by atoms with Crippen LogP contribution in [0, 0.1) is 5.82 Å².